The molecule has 0 atom stereocenters. The first-order chi connectivity index (χ1) is 9.13. The fraction of sp³-hybridized carbons (Fsp3) is 0. The molecule has 5 heteroatoms. The first kappa shape index (κ1) is 12.9. The molecule has 0 saturated carbocycles. The van der Waals surface area contributed by atoms with Gasteiger partial charge in [-0.3, -0.25) is 0 Å². The Balaban J connectivity index is 2.43. The van der Waals surface area contributed by atoms with Crippen LogP contribution in [-0.2, 0) is 0 Å². The van der Waals surface area contributed by atoms with Crippen molar-refractivity contribution in [3.05, 3.63) is 52.0 Å². The van der Waals surface area contributed by atoms with Gasteiger partial charge in [0.1, 0.15) is 12.1 Å². The Morgan fingerprint density at radius 3 is 2.16 bits per heavy atom. The van der Waals surface area contributed by atoms with Gasteiger partial charge in [0.15, 0.2) is 0 Å². The molecule has 0 saturated heterocycles. The molecule has 0 unspecified atom stereocenters. The highest BCUT2D eigenvalue weighted by atomic mass is 79.9. The predicted octanol–water partition coefficient (Wildman–Crippen LogP) is 3.52. The smallest absolute Gasteiger partial charge is 0.101 e. The van der Waals surface area contributed by atoms with Crippen molar-refractivity contribution in [2.75, 3.05) is 11.1 Å². The van der Waals surface area contributed by atoms with Crippen molar-refractivity contribution in [3.63, 3.8) is 0 Å². The van der Waals surface area contributed by atoms with Gasteiger partial charge in [-0.05, 0) is 36.4 Å². The molecule has 0 aliphatic rings. The van der Waals surface area contributed by atoms with E-state index in [0.717, 1.165) is 4.47 Å². The van der Waals surface area contributed by atoms with E-state index in [0.29, 0.717) is 28.2 Å². The summed E-state index contributed by atoms with van der Waals surface area (Å²) in [5.41, 5.74) is 8.36. The van der Waals surface area contributed by atoms with Crippen molar-refractivity contribution in [2.45, 2.75) is 0 Å². The summed E-state index contributed by atoms with van der Waals surface area (Å²) in [6.07, 6.45) is 0. The summed E-state index contributed by atoms with van der Waals surface area (Å²) in [6.45, 7) is 0. The molecule has 0 amide bonds. The molecule has 0 bridgehead atoms. The standard InChI is InChI=1S/C14H9BrN4/c15-11-1-3-13(9(5-11)7-16)19-14-4-2-12(18)6-10(14)8-17/h1-6,19H,18H2. The molecule has 0 spiro atoms. The van der Waals surface area contributed by atoms with Gasteiger partial charge in [-0.25, -0.2) is 0 Å². The SMILES string of the molecule is N#Cc1cc(N)ccc1Nc1ccc(Br)cc1C#N. The molecule has 0 aromatic heterocycles. The second-order valence-electron chi connectivity index (χ2n) is 3.84. The van der Waals surface area contributed by atoms with Gasteiger partial charge in [0.05, 0.1) is 22.5 Å². The van der Waals surface area contributed by atoms with E-state index in [1.54, 1.807) is 30.3 Å². The molecule has 2 aromatic carbocycles. The normalized spacial score (nSPS) is 9.42. The zero-order valence-corrected chi connectivity index (χ0v) is 11.4. The van der Waals surface area contributed by atoms with Crippen LogP contribution in [0.5, 0.6) is 0 Å². The summed E-state index contributed by atoms with van der Waals surface area (Å²) < 4.78 is 0.826. The number of rotatable bonds is 2. The van der Waals surface area contributed by atoms with Crippen molar-refractivity contribution < 1.29 is 0 Å². The molecule has 0 heterocycles. The molecule has 0 radical (unpaired) electrons. The molecule has 0 aliphatic heterocycles. The number of hydrogen-bond acceptors (Lipinski definition) is 4. The van der Waals surface area contributed by atoms with Gasteiger partial charge in [0.2, 0.25) is 0 Å². The van der Waals surface area contributed by atoms with Crippen LogP contribution < -0.4 is 11.1 Å². The highest BCUT2D eigenvalue weighted by Gasteiger charge is 2.07. The largest absolute Gasteiger partial charge is 0.399 e. The number of nitriles is 2. The van der Waals surface area contributed by atoms with Crippen LogP contribution in [-0.4, -0.2) is 0 Å². The zero-order chi connectivity index (χ0) is 13.8. The molecule has 0 aliphatic carbocycles. The number of nitrogens with one attached hydrogen (secondary N) is 1. The van der Waals surface area contributed by atoms with E-state index in [4.69, 9.17) is 16.3 Å². The van der Waals surface area contributed by atoms with E-state index >= 15 is 0 Å². The minimum Gasteiger partial charge on any atom is -0.399 e. The molecule has 3 N–H and O–H groups in total. The molecule has 4 nitrogen and oxygen atoms in total. The quantitative estimate of drug-likeness (QED) is 0.831. The van der Waals surface area contributed by atoms with Gasteiger partial charge in [-0.2, -0.15) is 10.5 Å². The fourth-order valence-electron chi connectivity index (χ4n) is 1.63. The van der Waals surface area contributed by atoms with Gasteiger partial charge in [-0.15, -0.1) is 0 Å². The van der Waals surface area contributed by atoms with Crippen LogP contribution >= 0.6 is 15.9 Å². The lowest BCUT2D eigenvalue weighted by atomic mass is 10.1. The lowest BCUT2D eigenvalue weighted by molar-refractivity contribution is 1.43. The van der Waals surface area contributed by atoms with Crippen LogP contribution in [0.2, 0.25) is 0 Å². The summed E-state index contributed by atoms with van der Waals surface area (Å²) in [5.74, 6) is 0. The number of nitrogens with two attached hydrogens (primary N) is 1. The van der Waals surface area contributed by atoms with Crippen molar-refractivity contribution in [1.29, 1.82) is 10.5 Å². The molecule has 2 rings (SSSR count). The third-order valence-electron chi connectivity index (χ3n) is 2.54. The van der Waals surface area contributed by atoms with Crippen molar-refractivity contribution >= 4 is 33.0 Å². The van der Waals surface area contributed by atoms with E-state index in [2.05, 4.69) is 33.4 Å². The van der Waals surface area contributed by atoms with Gasteiger partial charge < -0.3 is 11.1 Å². The first-order valence-corrected chi connectivity index (χ1v) is 6.19. The van der Waals surface area contributed by atoms with Crippen LogP contribution in [0.15, 0.2) is 40.9 Å². The van der Waals surface area contributed by atoms with Gasteiger partial charge >= 0.3 is 0 Å². The van der Waals surface area contributed by atoms with E-state index in [1.807, 2.05) is 6.07 Å². The van der Waals surface area contributed by atoms with Crippen molar-refractivity contribution in [1.82, 2.24) is 0 Å². The maximum absolute atomic E-state index is 9.10. The second-order valence-corrected chi connectivity index (χ2v) is 4.76. The minimum absolute atomic E-state index is 0.437. The summed E-state index contributed by atoms with van der Waals surface area (Å²) in [7, 11) is 0. The van der Waals surface area contributed by atoms with Gasteiger partial charge in [-0.1, -0.05) is 15.9 Å². The van der Waals surface area contributed by atoms with Crippen molar-refractivity contribution in [3.8, 4) is 12.1 Å². The number of benzene rings is 2. The lowest BCUT2D eigenvalue weighted by Crippen LogP contribution is -1.97. The Labute approximate surface area is 119 Å². The average molecular weight is 313 g/mol. The molecule has 92 valence electrons. The number of anilines is 3. The fourth-order valence-corrected chi connectivity index (χ4v) is 1.99. The Kier molecular flexibility index (Phi) is 3.70. The summed E-state index contributed by atoms with van der Waals surface area (Å²) in [4.78, 5) is 0. The van der Waals surface area contributed by atoms with Gasteiger partial charge in [0.25, 0.3) is 0 Å². The third-order valence-corrected chi connectivity index (χ3v) is 3.03. The van der Waals surface area contributed by atoms with Crippen LogP contribution in [0.4, 0.5) is 17.1 Å². The van der Waals surface area contributed by atoms with Gasteiger partial charge in [0, 0.05) is 10.2 Å². The average Bonchev–Trinajstić information content (AvgIpc) is 2.42. The minimum atomic E-state index is 0.437. The van der Waals surface area contributed by atoms with Crippen LogP contribution in [0.1, 0.15) is 11.1 Å². The second kappa shape index (κ2) is 5.43. The van der Waals surface area contributed by atoms with E-state index in [1.165, 1.54) is 0 Å². The Bertz CT molecular complexity index is 649. The molecular formula is C14H9BrN4. The van der Waals surface area contributed by atoms with Crippen LogP contribution in [0.3, 0.4) is 0 Å². The maximum Gasteiger partial charge on any atom is 0.101 e. The molecule has 0 fully saturated rings. The molecule has 2 aromatic rings. The Morgan fingerprint density at radius 1 is 0.947 bits per heavy atom. The number of nitrogen functional groups attached to an aromatic ring is 1. The molecular weight excluding hydrogens is 304 g/mol. The number of hydrogen-bond donors (Lipinski definition) is 2. The Hall–Kier alpha value is -2.50. The predicted molar refractivity (Wildman–Crippen MR) is 77.7 cm³/mol. The van der Waals surface area contributed by atoms with E-state index in [9.17, 15) is 0 Å². The topological polar surface area (TPSA) is 85.6 Å². The van der Waals surface area contributed by atoms with E-state index in [-0.39, 0.29) is 0 Å². The molecule has 19 heavy (non-hydrogen) atoms. The lowest BCUT2D eigenvalue weighted by Gasteiger charge is -2.10. The van der Waals surface area contributed by atoms with E-state index < -0.39 is 0 Å². The first-order valence-electron chi connectivity index (χ1n) is 5.40. The monoisotopic (exact) mass is 312 g/mol. The van der Waals surface area contributed by atoms with Crippen LogP contribution in [0, 0.1) is 22.7 Å². The zero-order valence-electron chi connectivity index (χ0n) is 9.81. The maximum atomic E-state index is 9.10. The number of halogens is 1. The summed E-state index contributed by atoms with van der Waals surface area (Å²) in [6, 6.07) is 14.5. The summed E-state index contributed by atoms with van der Waals surface area (Å²) in [5, 5.41) is 21.2. The summed E-state index contributed by atoms with van der Waals surface area (Å²) >= 11 is 3.31. The third kappa shape index (κ3) is 2.85. The highest BCUT2D eigenvalue weighted by Crippen LogP contribution is 2.26. The highest BCUT2D eigenvalue weighted by molar-refractivity contribution is 9.10. The van der Waals surface area contributed by atoms with Crippen LogP contribution in [0.25, 0.3) is 0 Å². The van der Waals surface area contributed by atoms with Crippen molar-refractivity contribution in [2.24, 2.45) is 0 Å². The number of nitrogens with zero attached hydrogens (tertiary/aromatic N) is 2. The Morgan fingerprint density at radius 2 is 1.53 bits per heavy atom.